The topological polar surface area (TPSA) is 71.5 Å². The number of anilines is 2. The van der Waals surface area contributed by atoms with E-state index in [4.69, 9.17) is 4.74 Å². The number of hydrogen-bond acceptors (Lipinski definition) is 5. The van der Waals surface area contributed by atoms with Crippen LogP contribution in [0.1, 0.15) is 17.4 Å². The number of rotatable bonds is 5. The van der Waals surface area contributed by atoms with Crippen LogP contribution in [0.5, 0.6) is 0 Å². The van der Waals surface area contributed by atoms with E-state index in [1.165, 1.54) is 6.92 Å². The number of amides is 1. The van der Waals surface area contributed by atoms with E-state index in [0.29, 0.717) is 11.2 Å². The van der Waals surface area contributed by atoms with Gasteiger partial charge in [0.05, 0.1) is 5.52 Å². The molecule has 0 unspecified atom stereocenters. The van der Waals surface area contributed by atoms with Crippen LogP contribution in [0.25, 0.3) is 10.9 Å². The van der Waals surface area contributed by atoms with E-state index in [1.807, 2.05) is 55.4 Å². The van der Waals surface area contributed by atoms with Gasteiger partial charge < -0.3 is 15.0 Å². The Bertz CT molecular complexity index is 968. The second-order valence-corrected chi connectivity index (χ2v) is 6.37. The summed E-state index contributed by atoms with van der Waals surface area (Å²) in [5.41, 5.74) is 2.53. The molecule has 0 saturated heterocycles. The molecule has 6 nitrogen and oxygen atoms in total. The average molecular weight is 363 g/mol. The fourth-order valence-corrected chi connectivity index (χ4v) is 2.54. The van der Waals surface area contributed by atoms with Crippen LogP contribution in [0.2, 0.25) is 0 Å². The lowest BCUT2D eigenvalue weighted by Gasteiger charge is -2.15. The molecule has 1 atom stereocenters. The second-order valence-electron chi connectivity index (χ2n) is 6.37. The summed E-state index contributed by atoms with van der Waals surface area (Å²) in [7, 11) is 3.88. The van der Waals surface area contributed by atoms with E-state index in [0.717, 1.165) is 11.1 Å². The Hall–Kier alpha value is -3.41. The maximum Gasteiger partial charge on any atom is 0.357 e. The zero-order chi connectivity index (χ0) is 19.4. The SMILES string of the molecule is C[C@H](OC(=O)c1ccc2ccccc2n1)C(=O)Nc1ccc(N(C)C)cc1. The van der Waals surface area contributed by atoms with E-state index < -0.39 is 18.0 Å². The molecule has 3 aromatic rings. The number of nitrogens with zero attached hydrogens (tertiary/aromatic N) is 2. The Kier molecular flexibility index (Phi) is 5.35. The molecule has 27 heavy (non-hydrogen) atoms. The highest BCUT2D eigenvalue weighted by atomic mass is 16.5. The summed E-state index contributed by atoms with van der Waals surface area (Å²) < 4.78 is 5.26. The largest absolute Gasteiger partial charge is 0.448 e. The van der Waals surface area contributed by atoms with Gasteiger partial charge in [-0.25, -0.2) is 9.78 Å². The van der Waals surface area contributed by atoms with Gasteiger partial charge in [-0.05, 0) is 43.3 Å². The Morgan fingerprint density at radius 3 is 2.41 bits per heavy atom. The highest BCUT2D eigenvalue weighted by molar-refractivity contribution is 5.97. The molecule has 3 rings (SSSR count). The number of nitrogens with one attached hydrogen (secondary N) is 1. The lowest BCUT2D eigenvalue weighted by atomic mass is 10.2. The molecular weight excluding hydrogens is 342 g/mol. The molecule has 138 valence electrons. The van der Waals surface area contributed by atoms with Crippen molar-refractivity contribution in [1.29, 1.82) is 0 Å². The number of ether oxygens (including phenoxy) is 1. The minimum atomic E-state index is -0.945. The van der Waals surface area contributed by atoms with Gasteiger partial charge in [0.2, 0.25) is 0 Å². The van der Waals surface area contributed by atoms with Crippen LogP contribution < -0.4 is 10.2 Å². The first-order chi connectivity index (χ1) is 12.9. The Morgan fingerprint density at radius 2 is 1.70 bits per heavy atom. The zero-order valence-electron chi connectivity index (χ0n) is 15.5. The summed E-state index contributed by atoms with van der Waals surface area (Å²) in [5.74, 6) is -1.03. The second kappa shape index (κ2) is 7.86. The van der Waals surface area contributed by atoms with Crippen molar-refractivity contribution in [3.05, 3.63) is 66.4 Å². The monoisotopic (exact) mass is 363 g/mol. The van der Waals surface area contributed by atoms with Crippen molar-refractivity contribution in [2.24, 2.45) is 0 Å². The highest BCUT2D eigenvalue weighted by Gasteiger charge is 2.20. The molecule has 1 heterocycles. The van der Waals surface area contributed by atoms with Gasteiger partial charge in [-0.15, -0.1) is 0 Å². The van der Waals surface area contributed by atoms with Crippen molar-refractivity contribution in [3.63, 3.8) is 0 Å². The lowest BCUT2D eigenvalue weighted by Crippen LogP contribution is -2.30. The van der Waals surface area contributed by atoms with Gasteiger partial charge in [0, 0.05) is 30.9 Å². The van der Waals surface area contributed by atoms with Crippen LogP contribution in [0.4, 0.5) is 11.4 Å². The molecule has 2 aromatic carbocycles. The lowest BCUT2D eigenvalue weighted by molar-refractivity contribution is -0.123. The number of aromatic nitrogens is 1. The number of fused-ring (bicyclic) bond motifs is 1. The first-order valence-electron chi connectivity index (χ1n) is 8.59. The van der Waals surface area contributed by atoms with Crippen LogP contribution in [0, 0.1) is 0 Å². The minimum Gasteiger partial charge on any atom is -0.448 e. The third kappa shape index (κ3) is 4.41. The van der Waals surface area contributed by atoms with E-state index in [-0.39, 0.29) is 5.69 Å². The molecule has 0 saturated carbocycles. The zero-order valence-corrected chi connectivity index (χ0v) is 15.5. The highest BCUT2D eigenvalue weighted by Crippen LogP contribution is 2.16. The molecule has 0 spiro atoms. The Labute approximate surface area is 157 Å². The predicted molar refractivity (Wildman–Crippen MR) is 106 cm³/mol. The molecule has 1 aromatic heterocycles. The first kappa shape index (κ1) is 18.4. The molecule has 0 aliphatic heterocycles. The number of para-hydroxylation sites is 1. The summed E-state index contributed by atoms with van der Waals surface area (Å²) in [6, 6.07) is 18.3. The van der Waals surface area contributed by atoms with E-state index in [1.54, 1.807) is 24.3 Å². The maximum absolute atomic E-state index is 12.3. The number of benzene rings is 2. The van der Waals surface area contributed by atoms with Crippen LogP contribution in [0.3, 0.4) is 0 Å². The standard InChI is InChI=1S/C21H21N3O3/c1-14(20(25)22-16-9-11-17(12-10-16)24(2)3)27-21(26)19-13-8-15-6-4-5-7-18(15)23-19/h4-14H,1-3H3,(H,22,25)/t14-/m0/s1. The molecule has 0 radical (unpaired) electrons. The number of pyridine rings is 1. The van der Waals surface area contributed by atoms with Crippen molar-refractivity contribution >= 4 is 34.2 Å². The molecule has 1 N–H and O–H groups in total. The Morgan fingerprint density at radius 1 is 1.00 bits per heavy atom. The normalized spacial score (nSPS) is 11.7. The fraction of sp³-hybridized carbons (Fsp3) is 0.190. The minimum absolute atomic E-state index is 0.170. The molecule has 0 bridgehead atoms. The number of hydrogen-bond donors (Lipinski definition) is 1. The summed E-state index contributed by atoms with van der Waals surface area (Å²) in [4.78, 5) is 30.8. The third-order valence-corrected chi connectivity index (χ3v) is 4.11. The van der Waals surface area contributed by atoms with Crippen molar-refractivity contribution < 1.29 is 14.3 Å². The van der Waals surface area contributed by atoms with Crippen LogP contribution in [0.15, 0.2) is 60.7 Å². The van der Waals surface area contributed by atoms with Gasteiger partial charge in [0.1, 0.15) is 5.69 Å². The summed E-state index contributed by atoms with van der Waals surface area (Å²) in [5, 5.41) is 3.67. The van der Waals surface area contributed by atoms with Gasteiger partial charge in [0.15, 0.2) is 6.10 Å². The van der Waals surface area contributed by atoms with E-state index in [2.05, 4.69) is 10.3 Å². The number of carbonyl (C=O) groups is 2. The first-order valence-corrected chi connectivity index (χ1v) is 8.59. The smallest absolute Gasteiger partial charge is 0.357 e. The predicted octanol–water partition coefficient (Wildman–Crippen LogP) is 3.48. The van der Waals surface area contributed by atoms with Gasteiger partial charge in [-0.1, -0.05) is 24.3 Å². The van der Waals surface area contributed by atoms with Crippen molar-refractivity contribution in [3.8, 4) is 0 Å². The quantitative estimate of drug-likeness (QED) is 0.703. The molecule has 0 fully saturated rings. The molecule has 0 aliphatic rings. The molecule has 6 heteroatoms. The van der Waals surface area contributed by atoms with E-state index in [9.17, 15) is 9.59 Å². The summed E-state index contributed by atoms with van der Waals surface area (Å²) in [6.45, 7) is 1.53. The summed E-state index contributed by atoms with van der Waals surface area (Å²) >= 11 is 0. The van der Waals surface area contributed by atoms with Crippen molar-refractivity contribution in [2.45, 2.75) is 13.0 Å². The molecule has 0 aliphatic carbocycles. The number of esters is 1. The van der Waals surface area contributed by atoms with Crippen LogP contribution in [-0.4, -0.2) is 37.1 Å². The molecular formula is C21H21N3O3. The number of carbonyl (C=O) groups excluding carboxylic acids is 2. The average Bonchev–Trinajstić information content (AvgIpc) is 2.67. The van der Waals surface area contributed by atoms with Gasteiger partial charge in [0.25, 0.3) is 5.91 Å². The molecule has 1 amide bonds. The fourth-order valence-electron chi connectivity index (χ4n) is 2.54. The Balaban J connectivity index is 1.63. The van der Waals surface area contributed by atoms with E-state index >= 15 is 0 Å². The van der Waals surface area contributed by atoms with Crippen molar-refractivity contribution in [2.75, 3.05) is 24.3 Å². The van der Waals surface area contributed by atoms with Gasteiger partial charge in [-0.2, -0.15) is 0 Å². The van der Waals surface area contributed by atoms with Crippen LogP contribution in [-0.2, 0) is 9.53 Å². The summed E-state index contributed by atoms with van der Waals surface area (Å²) in [6.07, 6.45) is -0.945. The maximum atomic E-state index is 12.3. The van der Waals surface area contributed by atoms with Crippen molar-refractivity contribution in [1.82, 2.24) is 4.98 Å². The van der Waals surface area contributed by atoms with Gasteiger partial charge in [-0.3, -0.25) is 4.79 Å². The van der Waals surface area contributed by atoms with Crippen LogP contribution >= 0.6 is 0 Å². The third-order valence-electron chi connectivity index (χ3n) is 4.11. The van der Waals surface area contributed by atoms with Gasteiger partial charge >= 0.3 is 5.97 Å².